The average Bonchev–Trinajstić information content (AvgIpc) is 2.67. The Morgan fingerprint density at radius 1 is 0.481 bits per heavy atom. The van der Waals surface area contributed by atoms with Crippen molar-refractivity contribution in [3.8, 4) is 0 Å². The molecule has 14 heteroatoms. The summed E-state index contributed by atoms with van der Waals surface area (Å²) in [5.41, 5.74) is 0. The van der Waals surface area contributed by atoms with Gasteiger partial charge in [-0.05, 0) is 27.7 Å². The van der Waals surface area contributed by atoms with E-state index < -0.39 is 54.0 Å². The Labute approximate surface area is 172 Å². The van der Waals surface area contributed by atoms with Crippen LogP contribution in [0.25, 0.3) is 0 Å². The molecule has 4 atom stereocenters. The zero-order chi connectivity index (χ0) is 22.2. The highest BCUT2D eigenvalue weighted by Gasteiger charge is 2.78. The van der Waals surface area contributed by atoms with Crippen molar-refractivity contribution in [3.05, 3.63) is 0 Å². The van der Waals surface area contributed by atoms with E-state index in [9.17, 15) is 43.9 Å². The Balaban J connectivity index is 0.000000469. The van der Waals surface area contributed by atoms with Crippen LogP contribution in [0, 0.1) is 0 Å². The van der Waals surface area contributed by atoms with Gasteiger partial charge in [0.05, 0.1) is 0 Å². The van der Waals surface area contributed by atoms with Gasteiger partial charge in [0.2, 0.25) is 0 Å². The molecule has 0 amide bonds. The summed E-state index contributed by atoms with van der Waals surface area (Å²) < 4.78 is 134. The molecule has 0 bridgehead atoms. The fourth-order valence-corrected chi connectivity index (χ4v) is 2.23. The molecule has 0 radical (unpaired) electrons. The van der Waals surface area contributed by atoms with Gasteiger partial charge in [0, 0.05) is 37.2 Å². The van der Waals surface area contributed by atoms with Crippen LogP contribution in [0.2, 0.25) is 0 Å². The molecule has 0 aromatic carbocycles. The SMILES string of the molecule is CC1OC(C)C(F)(F)C(F)(F)C1(F)F.CC1O[C@H](C)C(F)(F)C1(F)F.II. The first-order chi connectivity index (χ1) is 11.8. The smallest absolute Gasteiger partial charge is 0.363 e. The molecule has 0 saturated carbocycles. The maximum Gasteiger partial charge on any atom is 0.377 e. The van der Waals surface area contributed by atoms with Gasteiger partial charge in [-0.25, -0.2) is 0 Å². The molecule has 2 aliphatic heterocycles. The molecule has 0 N–H and O–H groups in total. The highest BCUT2D eigenvalue weighted by Crippen LogP contribution is 2.53. The minimum atomic E-state index is -5.38. The van der Waals surface area contributed by atoms with Crippen LogP contribution < -0.4 is 0 Å². The Kier molecular flexibility index (Phi) is 9.04. The fraction of sp³-hybridized carbons (Fsp3) is 1.00. The third kappa shape index (κ3) is 4.56. The molecule has 2 rings (SSSR count). The second-order valence-corrected chi connectivity index (χ2v) is 5.91. The van der Waals surface area contributed by atoms with Crippen LogP contribution in [0.15, 0.2) is 0 Å². The molecule has 3 unspecified atom stereocenters. The van der Waals surface area contributed by atoms with Crippen LogP contribution >= 0.6 is 37.2 Å². The fourth-order valence-electron chi connectivity index (χ4n) is 2.23. The van der Waals surface area contributed by atoms with Crippen molar-refractivity contribution >= 4 is 37.2 Å². The number of halogens is 12. The minimum Gasteiger partial charge on any atom is -0.363 e. The maximum absolute atomic E-state index is 12.7. The average molecular weight is 648 g/mol. The van der Waals surface area contributed by atoms with Crippen LogP contribution in [-0.2, 0) is 9.47 Å². The summed E-state index contributed by atoms with van der Waals surface area (Å²) in [5.74, 6) is -23.2. The van der Waals surface area contributed by atoms with Crippen molar-refractivity contribution in [2.75, 3.05) is 0 Å². The maximum atomic E-state index is 12.7. The number of ether oxygens (including phenoxy) is 2. The van der Waals surface area contributed by atoms with E-state index >= 15 is 0 Å². The zero-order valence-electron chi connectivity index (χ0n) is 14.2. The first kappa shape index (κ1) is 27.7. The van der Waals surface area contributed by atoms with Gasteiger partial charge in [0.15, 0.2) is 0 Å². The van der Waals surface area contributed by atoms with Gasteiger partial charge < -0.3 is 9.47 Å². The van der Waals surface area contributed by atoms with E-state index in [2.05, 4.69) is 46.7 Å². The van der Waals surface area contributed by atoms with Crippen molar-refractivity contribution in [1.82, 2.24) is 0 Å². The Bertz CT molecular complexity index is 463. The summed E-state index contributed by atoms with van der Waals surface area (Å²) in [5, 5.41) is 0. The van der Waals surface area contributed by atoms with Gasteiger partial charge in [0.25, 0.3) is 0 Å². The first-order valence-corrected chi connectivity index (χ1v) is 13.5. The molecule has 0 aliphatic carbocycles. The summed E-state index contributed by atoms with van der Waals surface area (Å²) in [4.78, 5) is 0. The van der Waals surface area contributed by atoms with Crippen molar-refractivity contribution in [2.45, 2.75) is 81.7 Å². The van der Waals surface area contributed by atoms with Gasteiger partial charge in [-0.15, -0.1) is 0 Å². The zero-order valence-corrected chi connectivity index (χ0v) is 18.5. The topological polar surface area (TPSA) is 18.5 Å². The number of alkyl halides is 10. The van der Waals surface area contributed by atoms with Crippen molar-refractivity contribution in [2.24, 2.45) is 0 Å². The lowest BCUT2D eigenvalue weighted by atomic mass is 9.93. The van der Waals surface area contributed by atoms with Crippen molar-refractivity contribution < 1.29 is 53.4 Å². The van der Waals surface area contributed by atoms with Crippen molar-refractivity contribution in [3.63, 3.8) is 0 Å². The van der Waals surface area contributed by atoms with Gasteiger partial charge in [-0.3, -0.25) is 0 Å². The monoisotopic (exact) mass is 648 g/mol. The van der Waals surface area contributed by atoms with E-state index in [0.717, 1.165) is 13.8 Å². The quantitative estimate of drug-likeness (QED) is 0.220. The van der Waals surface area contributed by atoms with Gasteiger partial charge in [-0.1, -0.05) is 0 Å². The van der Waals surface area contributed by atoms with Gasteiger partial charge in [-0.2, -0.15) is 43.9 Å². The summed E-state index contributed by atoms with van der Waals surface area (Å²) >= 11 is 4.24. The Morgan fingerprint density at radius 3 is 0.852 bits per heavy atom. The van der Waals surface area contributed by atoms with Gasteiger partial charge in [0.1, 0.15) is 24.4 Å². The van der Waals surface area contributed by atoms with Crippen LogP contribution in [0.1, 0.15) is 27.7 Å². The Hall–Kier alpha value is 0.680. The third-order valence-electron chi connectivity index (χ3n) is 4.14. The lowest BCUT2D eigenvalue weighted by molar-refractivity contribution is -0.398. The van der Waals surface area contributed by atoms with Crippen LogP contribution in [-0.4, -0.2) is 54.0 Å². The van der Waals surface area contributed by atoms with E-state index in [-0.39, 0.29) is 0 Å². The molecule has 2 aliphatic rings. The molecule has 0 aromatic heterocycles. The minimum absolute atomic E-state index is 0.639. The number of hydrogen-bond acceptors (Lipinski definition) is 2. The standard InChI is InChI=1S/C7H8F6O.C6H8F4O.I2/c1-3-5(8,9)7(12,13)6(10,11)4(2)14-3;1-3-5(7,8)6(9,10)4(2)11-3;1-2/h3-4H,1-2H3;3-4H,1-2H3;/t;3-,4?;/m.1./s1. The molecule has 2 nitrogen and oxygen atoms in total. The highest BCUT2D eigenvalue weighted by molar-refractivity contribution is 15.0. The molecule has 27 heavy (non-hydrogen) atoms. The summed E-state index contributed by atoms with van der Waals surface area (Å²) in [6.07, 6.45) is -7.86. The predicted octanol–water partition coefficient (Wildman–Crippen LogP) is 6.54. The van der Waals surface area contributed by atoms with Crippen molar-refractivity contribution in [1.29, 1.82) is 0 Å². The molecule has 2 heterocycles. The second kappa shape index (κ2) is 8.81. The summed E-state index contributed by atoms with van der Waals surface area (Å²) in [7, 11) is 0. The lowest BCUT2D eigenvalue weighted by Gasteiger charge is -2.44. The molecule has 2 fully saturated rings. The predicted molar refractivity (Wildman–Crippen MR) is 92.8 cm³/mol. The van der Waals surface area contributed by atoms with Crippen LogP contribution in [0.4, 0.5) is 43.9 Å². The Morgan fingerprint density at radius 2 is 0.667 bits per heavy atom. The second-order valence-electron chi connectivity index (χ2n) is 5.91. The summed E-state index contributed by atoms with van der Waals surface area (Å²) in [6, 6.07) is 0. The number of hydrogen-bond donors (Lipinski definition) is 0. The van der Waals surface area contributed by atoms with E-state index in [0.29, 0.717) is 13.8 Å². The molecule has 164 valence electrons. The van der Waals surface area contributed by atoms with E-state index in [1.807, 2.05) is 0 Å². The van der Waals surface area contributed by atoms with E-state index in [1.165, 1.54) is 0 Å². The van der Waals surface area contributed by atoms with E-state index in [1.54, 1.807) is 0 Å². The third-order valence-corrected chi connectivity index (χ3v) is 4.14. The van der Waals surface area contributed by atoms with Gasteiger partial charge >= 0.3 is 29.6 Å². The van der Waals surface area contributed by atoms with Crippen LogP contribution in [0.5, 0.6) is 0 Å². The first-order valence-electron chi connectivity index (χ1n) is 7.19. The highest BCUT2D eigenvalue weighted by atomic mass is 128. The van der Waals surface area contributed by atoms with E-state index in [4.69, 9.17) is 0 Å². The molecule has 0 spiro atoms. The lowest BCUT2D eigenvalue weighted by Crippen LogP contribution is -2.68. The number of rotatable bonds is 0. The molecular formula is C13H16F10I2O2. The van der Waals surface area contributed by atoms with Crippen LogP contribution in [0.3, 0.4) is 0 Å². The molecule has 0 aromatic rings. The summed E-state index contributed by atoms with van der Waals surface area (Å²) in [6.45, 7) is 3.16. The molecule has 2 saturated heterocycles. The normalized spacial score (nSPS) is 37.3. The largest absolute Gasteiger partial charge is 0.377 e. The molecular weight excluding hydrogens is 632 g/mol.